The van der Waals surface area contributed by atoms with Gasteiger partial charge in [0.25, 0.3) is 0 Å². The molecule has 0 unspecified atom stereocenters. The lowest BCUT2D eigenvalue weighted by molar-refractivity contribution is 0.107. The number of fused-ring (bicyclic) bond motifs is 3. The molecule has 4 aliphatic rings. The highest BCUT2D eigenvalue weighted by molar-refractivity contribution is 6.36. The first kappa shape index (κ1) is 27.4. The van der Waals surface area contributed by atoms with Crippen LogP contribution in [0, 0.1) is 11.7 Å². The lowest BCUT2D eigenvalue weighted by atomic mass is 9.95. The second-order valence-corrected chi connectivity index (χ2v) is 13.2. The van der Waals surface area contributed by atoms with Gasteiger partial charge in [-0.1, -0.05) is 41.9 Å². The van der Waals surface area contributed by atoms with E-state index in [0.717, 1.165) is 56.2 Å². The van der Waals surface area contributed by atoms with Gasteiger partial charge in [0, 0.05) is 54.3 Å². The molecule has 1 N–H and O–H groups in total. The van der Waals surface area contributed by atoms with Crippen molar-refractivity contribution in [3.05, 3.63) is 53.4 Å². The van der Waals surface area contributed by atoms with E-state index < -0.39 is 12.0 Å². The highest BCUT2D eigenvalue weighted by Gasteiger charge is 2.49. The summed E-state index contributed by atoms with van der Waals surface area (Å²) in [6.07, 6.45) is 6.52. The van der Waals surface area contributed by atoms with Crippen molar-refractivity contribution < 1.29 is 13.5 Å². The number of nitrogens with one attached hydrogen (secondary N) is 1. The number of hydrogen-bond donors (Lipinski definition) is 1. The van der Waals surface area contributed by atoms with Crippen LogP contribution in [0.15, 0.2) is 42.6 Å². The maximum atomic E-state index is 16.8. The summed E-state index contributed by atoms with van der Waals surface area (Å²) in [7, 11) is 0. The summed E-state index contributed by atoms with van der Waals surface area (Å²) >= 11 is 6.62. The predicted molar refractivity (Wildman–Crippen MR) is 165 cm³/mol. The van der Waals surface area contributed by atoms with Crippen LogP contribution in [0.4, 0.5) is 14.6 Å². The number of nitrogens with zero attached hydrogens (tertiary/aromatic N) is 5. The maximum Gasteiger partial charge on any atom is 0.319 e. The zero-order chi connectivity index (χ0) is 29.1. The quantitative estimate of drug-likeness (QED) is 0.258. The number of halogens is 3. The average molecular weight is 605 g/mol. The molecule has 43 heavy (non-hydrogen) atoms. The van der Waals surface area contributed by atoms with Crippen molar-refractivity contribution in [1.29, 1.82) is 0 Å². The van der Waals surface area contributed by atoms with Crippen LogP contribution in [0.2, 0.25) is 5.02 Å². The van der Waals surface area contributed by atoms with E-state index in [1.807, 2.05) is 30.3 Å². The molecule has 3 saturated heterocycles. The first-order valence-electron chi connectivity index (χ1n) is 15.5. The molecule has 4 aromatic rings. The minimum Gasteiger partial charge on any atom is -0.461 e. The molecule has 2 aromatic carbocycles. The number of pyridine rings is 1. The Balaban J connectivity index is 1.26. The molecule has 0 radical (unpaired) electrons. The van der Waals surface area contributed by atoms with Crippen molar-refractivity contribution in [3.8, 4) is 17.3 Å². The predicted octanol–water partition coefficient (Wildman–Crippen LogP) is 6.17. The van der Waals surface area contributed by atoms with Gasteiger partial charge in [0.2, 0.25) is 0 Å². The standard InChI is InChI=1S/C33H35ClF2N6O/c34-26-7-2-5-21-4-1-6-24(27(21)26)29-28(36)30-25(16-38-29)31(42(17-20-8-9-20)23-10-12-37-15-23)40-32(39-30)43-19-33-11-3-13-41(33)18-22(35)14-33/h1-2,4-7,16,20,22-23,37H,3,8-15,17-19H2/t22-,23-,33+/m1/s1. The van der Waals surface area contributed by atoms with E-state index in [0.29, 0.717) is 40.7 Å². The molecule has 1 saturated carbocycles. The van der Waals surface area contributed by atoms with Crippen molar-refractivity contribution in [2.45, 2.75) is 56.3 Å². The Labute approximate surface area is 254 Å². The number of hydrogen-bond acceptors (Lipinski definition) is 7. The van der Waals surface area contributed by atoms with Gasteiger partial charge in [0.15, 0.2) is 5.82 Å². The fraction of sp³-hybridized carbons (Fsp3) is 0.485. The van der Waals surface area contributed by atoms with Crippen LogP contribution >= 0.6 is 11.6 Å². The van der Waals surface area contributed by atoms with Crippen LogP contribution in [-0.2, 0) is 0 Å². The number of anilines is 1. The number of aromatic nitrogens is 3. The lowest BCUT2D eigenvalue weighted by Gasteiger charge is -2.32. The van der Waals surface area contributed by atoms with E-state index >= 15 is 4.39 Å². The minimum atomic E-state index is -0.862. The smallest absolute Gasteiger partial charge is 0.319 e. The topological polar surface area (TPSA) is 66.4 Å². The fourth-order valence-electron chi connectivity index (χ4n) is 7.53. The Bertz CT molecular complexity index is 1690. The van der Waals surface area contributed by atoms with Gasteiger partial charge >= 0.3 is 6.01 Å². The Morgan fingerprint density at radius 3 is 2.81 bits per heavy atom. The van der Waals surface area contributed by atoms with Crippen LogP contribution in [-0.4, -0.2) is 76.9 Å². The van der Waals surface area contributed by atoms with Crippen molar-refractivity contribution in [3.63, 3.8) is 0 Å². The van der Waals surface area contributed by atoms with Gasteiger partial charge < -0.3 is 15.0 Å². The highest BCUT2D eigenvalue weighted by atomic mass is 35.5. The van der Waals surface area contributed by atoms with Crippen LogP contribution < -0.4 is 15.0 Å². The molecule has 5 heterocycles. The average Bonchev–Trinajstić information content (AvgIpc) is 3.35. The zero-order valence-corrected chi connectivity index (χ0v) is 24.8. The second-order valence-electron chi connectivity index (χ2n) is 12.8. The van der Waals surface area contributed by atoms with E-state index in [-0.39, 0.29) is 35.4 Å². The number of benzene rings is 2. The van der Waals surface area contributed by atoms with Crippen molar-refractivity contribution in [2.75, 3.05) is 44.2 Å². The number of rotatable bonds is 8. The Hall–Kier alpha value is -3.14. The maximum absolute atomic E-state index is 16.8. The molecule has 7 nitrogen and oxygen atoms in total. The fourth-order valence-corrected chi connectivity index (χ4v) is 7.81. The minimum absolute atomic E-state index is 0.129. The molecule has 0 amide bonds. The van der Waals surface area contributed by atoms with Crippen LogP contribution in [0.1, 0.15) is 38.5 Å². The van der Waals surface area contributed by atoms with E-state index in [4.69, 9.17) is 21.3 Å². The summed E-state index contributed by atoms with van der Waals surface area (Å²) in [6, 6.07) is 11.7. The summed E-state index contributed by atoms with van der Waals surface area (Å²) in [5.74, 6) is 0.723. The first-order chi connectivity index (χ1) is 21.0. The second kappa shape index (κ2) is 10.8. The van der Waals surface area contributed by atoms with Crippen molar-refractivity contribution in [2.24, 2.45) is 5.92 Å². The number of ether oxygens (including phenoxy) is 1. The highest BCUT2D eigenvalue weighted by Crippen LogP contribution is 2.42. The summed E-state index contributed by atoms with van der Waals surface area (Å²) in [4.78, 5) is 18.8. The Morgan fingerprint density at radius 2 is 2.00 bits per heavy atom. The van der Waals surface area contributed by atoms with Crippen LogP contribution in [0.25, 0.3) is 32.9 Å². The molecule has 8 rings (SSSR count). The van der Waals surface area contributed by atoms with E-state index in [2.05, 4.69) is 25.1 Å². The summed E-state index contributed by atoms with van der Waals surface area (Å²) in [6.45, 7) is 4.21. The van der Waals surface area contributed by atoms with Gasteiger partial charge in [-0.15, -0.1) is 0 Å². The van der Waals surface area contributed by atoms with Crippen LogP contribution in [0.3, 0.4) is 0 Å². The summed E-state index contributed by atoms with van der Waals surface area (Å²) in [5.41, 5.74) is 0.620. The molecule has 1 aliphatic carbocycles. The van der Waals surface area contributed by atoms with E-state index in [1.165, 1.54) is 12.8 Å². The van der Waals surface area contributed by atoms with Crippen molar-refractivity contribution in [1.82, 2.24) is 25.2 Å². The van der Waals surface area contributed by atoms with Crippen molar-refractivity contribution >= 4 is 39.1 Å². The van der Waals surface area contributed by atoms with Gasteiger partial charge in [-0.25, -0.2) is 8.78 Å². The molecule has 0 spiro atoms. The van der Waals surface area contributed by atoms with Crippen LogP contribution in [0.5, 0.6) is 6.01 Å². The molecule has 0 bridgehead atoms. The SMILES string of the molecule is Fc1c(-c2cccc3cccc(Cl)c23)ncc2c(N(CC3CC3)[C@@H]3CCNC3)nc(OC[C@@]34CCCN3C[C@H](F)C4)nc12. The molecule has 10 heteroatoms. The summed E-state index contributed by atoms with van der Waals surface area (Å²) < 4.78 is 37.6. The third kappa shape index (κ3) is 4.89. The third-order valence-corrected chi connectivity index (χ3v) is 10.2. The molecule has 224 valence electrons. The number of alkyl halides is 1. The molecule has 2 aromatic heterocycles. The Kier molecular flexibility index (Phi) is 6.88. The Morgan fingerprint density at radius 1 is 1.14 bits per heavy atom. The molecular weight excluding hydrogens is 570 g/mol. The molecular formula is C33H35ClF2N6O. The van der Waals surface area contributed by atoms with E-state index in [9.17, 15) is 4.39 Å². The monoisotopic (exact) mass is 604 g/mol. The van der Waals surface area contributed by atoms with Gasteiger partial charge in [0.1, 0.15) is 29.8 Å². The zero-order valence-electron chi connectivity index (χ0n) is 24.0. The van der Waals surface area contributed by atoms with Gasteiger partial charge in [-0.05, 0) is 62.6 Å². The molecule has 3 aliphatic heterocycles. The third-order valence-electron chi connectivity index (χ3n) is 9.88. The van der Waals surface area contributed by atoms with Gasteiger partial charge in [-0.2, -0.15) is 9.97 Å². The molecule has 3 atom stereocenters. The normalized spacial score (nSPS) is 25.6. The largest absolute Gasteiger partial charge is 0.461 e. The lowest BCUT2D eigenvalue weighted by Crippen LogP contribution is -2.43. The van der Waals surface area contributed by atoms with E-state index in [1.54, 1.807) is 12.3 Å². The molecule has 4 fully saturated rings. The van der Waals surface area contributed by atoms with Gasteiger partial charge in [0.05, 0.1) is 10.9 Å². The first-order valence-corrected chi connectivity index (χ1v) is 15.9. The van der Waals surface area contributed by atoms with Gasteiger partial charge in [-0.3, -0.25) is 9.88 Å². The summed E-state index contributed by atoms with van der Waals surface area (Å²) in [5, 5.41) is 6.23.